The molecule has 0 saturated heterocycles. The van der Waals surface area contributed by atoms with Gasteiger partial charge in [0.2, 0.25) is 0 Å². The molecular weight excluding hydrogens is 216 g/mol. The second-order valence-corrected chi connectivity index (χ2v) is 3.69. The van der Waals surface area contributed by atoms with Gasteiger partial charge in [0.15, 0.2) is 0 Å². The standard InChI is InChI=1S/C10H9ClN2O2/c11-6-1-2-7-8(3-4-10(14)15)12-13-9(7)5-6/h1-2,5H,3-4H2,(H,12,13)(H,14,15). The van der Waals surface area contributed by atoms with Crippen molar-refractivity contribution in [3.8, 4) is 0 Å². The molecule has 0 aliphatic rings. The van der Waals surface area contributed by atoms with Gasteiger partial charge < -0.3 is 5.11 Å². The number of nitrogens with one attached hydrogen (secondary N) is 1. The Labute approximate surface area is 90.9 Å². The third kappa shape index (κ3) is 2.10. The molecule has 0 unspecified atom stereocenters. The van der Waals surface area contributed by atoms with Crippen LogP contribution in [0.3, 0.4) is 0 Å². The molecule has 0 fully saturated rings. The zero-order valence-electron chi connectivity index (χ0n) is 7.83. The van der Waals surface area contributed by atoms with Gasteiger partial charge in [-0.3, -0.25) is 9.89 Å². The lowest BCUT2D eigenvalue weighted by Gasteiger charge is -1.94. The number of hydrogen-bond acceptors (Lipinski definition) is 2. The molecule has 78 valence electrons. The van der Waals surface area contributed by atoms with Crippen molar-refractivity contribution in [3.05, 3.63) is 28.9 Å². The average molecular weight is 225 g/mol. The molecule has 0 aliphatic heterocycles. The number of carbonyl (C=O) groups is 1. The second-order valence-electron chi connectivity index (χ2n) is 3.25. The molecule has 0 aliphatic carbocycles. The first-order valence-corrected chi connectivity index (χ1v) is 4.89. The van der Waals surface area contributed by atoms with E-state index in [1.807, 2.05) is 6.07 Å². The highest BCUT2D eigenvalue weighted by Crippen LogP contribution is 2.20. The summed E-state index contributed by atoms with van der Waals surface area (Å²) in [6.07, 6.45) is 0.513. The van der Waals surface area contributed by atoms with E-state index in [4.69, 9.17) is 16.7 Å². The van der Waals surface area contributed by atoms with Crippen LogP contribution in [0, 0.1) is 0 Å². The third-order valence-electron chi connectivity index (χ3n) is 2.18. The van der Waals surface area contributed by atoms with Crippen molar-refractivity contribution in [1.82, 2.24) is 10.2 Å². The van der Waals surface area contributed by atoms with Gasteiger partial charge in [-0.05, 0) is 18.2 Å². The van der Waals surface area contributed by atoms with E-state index in [1.165, 1.54) is 0 Å². The van der Waals surface area contributed by atoms with Gasteiger partial charge in [0.1, 0.15) is 0 Å². The zero-order valence-corrected chi connectivity index (χ0v) is 8.58. The van der Waals surface area contributed by atoms with E-state index in [0.29, 0.717) is 11.4 Å². The monoisotopic (exact) mass is 224 g/mol. The number of carboxylic acid groups (broad SMARTS) is 1. The fourth-order valence-electron chi connectivity index (χ4n) is 1.46. The van der Waals surface area contributed by atoms with E-state index in [-0.39, 0.29) is 6.42 Å². The number of aromatic amines is 1. The minimum absolute atomic E-state index is 0.0859. The fraction of sp³-hybridized carbons (Fsp3) is 0.200. The van der Waals surface area contributed by atoms with Gasteiger partial charge in [-0.15, -0.1) is 0 Å². The molecule has 0 bridgehead atoms. The van der Waals surface area contributed by atoms with Gasteiger partial charge in [-0.1, -0.05) is 11.6 Å². The highest BCUT2D eigenvalue weighted by molar-refractivity contribution is 6.31. The van der Waals surface area contributed by atoms with Crippen LogP contribution < -0.4 is 0 Å². The summed E-state index contributed by atoms with van der Waals surface area (Å²) in [6.45, 7) is 0. The Kier molecular flexibility index (Phi) is 2.60. The Morgan fingerprint density at radius 1 is 1.53 bits per heavy atom. The molecule has 0 radical (unpaired) electrons. The maximum absolute atomic E-state index is 10.4. The van der Waals surface area contributed by atoms with Crippen LogP contribution in [-0.2, 0) is 11.2 Å². The van der Waals surface area contributed by atoms with Gasteiger partial charge in [0.05, 0.1) is 17.6 Å². The summed E-state index contributed by atoms with van der Waals surface area (Å²) in [7, 11) is 0. The number of fused-ring (bicyclic) bond motifs is 1. The van der Waals surface area contributed by atoms with Crippen LogP contribution >= 0.6 is 11.6 Å². The van der Waals surface area contributed by atoms with Crippen molar-refractivity contribution in [3.63, 3.8) is 0 Å². The first-order valence-electron chi connectivity index (χ1n) is 4.51. The lowest BCUT2D eigenvalue weighted by Crippen LogP contribution is -1.97. The van der Waals surface area contributed by atoms with Crippen molar-refractivity contribution in [1.29, 1.82) is 0 Å². The zero-order chi connectivity index (χ0) is 10.8. The summed E-state index contributed by atoms with van der Waals surface area (Å²) >= 11 is 5.81. The summed E-state index contributed by atoms with van der Waals surface area (Å²) in [4.78, 5) is 10.4. The molecule has 5 heteroatoms. The number of nitrogens with zero attached hydrogens (tertiary/aromatic N) is 1. The van der Waals surface area contributed by atoms with E-state index < -0.39 is 5.97 Å². The van der Waals surface area contributed by atoms with Crippen LogP contribution in [0.1, 0.15) is 12.1 Å². The minimum Gasteiger partial charge on any atom is -0.481 e. The van der Waals surface area contributed by atoms with E-state index in [1.54, 1.807) is 12.1 Å². The number of halogens is 1. The van der Waals surface area contributed by atoms with E-state index in [2.05, 4.69) is 10.2 Å². The van der Waals surface area contributed by atoms with Crippen molar-refractivity contribution in [2.24, 2.45) is 0 Å². The van der Waals surface area contributed by atoms with Gasteiger partial charge in [-0.2, -0.15) is 5.10 Å². The quantitative estimate of drug-likeness (QED) is 0.840. The molecule has 0 amide bonds. The number of aryl methyl sites for hydroxylation is 1. The third-order valence-corrected chi connectivity index (χ3v) is 2.41. The number of aliphatic carboxylic acids is 1. The lowest BCUT2D eigenvalue weighted by molar-refractivity contribution is -0.136. The Bertz CT molecular complexity index is 507. The number of rotatable bonds is 3. The SMILES string of the molecule is O=C(O)CCc1n[nH]c2cc(Cl)ccc12. The molecular formula is C10H9ClN2O2. The summed E-state index contributed by atoms with van der Waals surface area (Å²) in [5.74, 6) is -0.819. The van der Waals surface area contributed by atoms with Crippen LogP contribution in [0.25, 0.3) is 10.9 Å². The number of hydrogen-bond donors (Lipinski definition) is 2. The van der Waals surface area contributed by atoms with E-state index >= 15 is 0 Å². The molecule has 1 aromatic carbocycles. The molecule has 1 heterocycles. The number of benzene rings is 1. The smallest absolute Gasteiger partial charge is 0.303 e. The topological polar surface area (TPSA) is 66.0 Å². The largest absolute Gasteiger partial charge is 0.481 e. The summed E-state index contributed by atoms with van der Waals surface area (Å²) < 4.78 is 0. The highest BCUT2D eigenvalue weighted by atomic mass is 35.5. The normalized spacial score (nSPS) is 10.7. The molecule has 0 saturated carbocycles. The molecule has 2 aromatic rings. The van der Waals surface area contributed by atoms with Crippen LogP contribution in [0.15, 0.2) is 18.2 Å². The first kappa shape index (κ1) is 9.98. The predicted molar refractivity (Wildman–Crippen MR) is 57.1 cm³/mol. The van der Waals surface area contributed by atoms with Crippen LogP contribution in [0.5, 0.6) is 0 Å². The predicted octanol–water partition coefficient (Wildman–Crippen LogP) is 2.23. The molecule has 2 N–H and O–H groups in total. The molecule has 4 nitrogen and oxygen atoms in total. The Balaban J connectivity index is 2.32. The Morgan fingerprint density at radius 3 is 3.07 bits per heavy atom. The maximum Gasteiger partial charge on any atom is 0.303 e. The van der Waals surface area contributed by atoms with Crippen LogP contribution in [0.2, 0.25) is 5.02 Å². The van der Waals surface area contributed by atoms with Crippen LogP contribution in [0.4, 0.5) is 0 Å². The Morgan fingerprint density at radius 2 is 2.33 bits per heavy atom. The summed E-state index contributed by atoms with van der Waals surface area (Å²) in [6, 6.07) is 5.39. The summed E-state index contributed by atoms with van der Waals surface area (Å²) in [5, 5.41) is 17.0. The molecule has 1 aromatic heterocycles. The number of carboxylic acids is 1. The van der Waals surface area contributed by atoms with Gasteiger partial charge >= 0.3 is 5.97 Å². The number of aromatic nitrogens is 2. The Hall–Kier alpha value is -1.55. The molecule has 0 spiro atoms. The molecule has 2 rings (SSSR count). The van der Waals surface area contributed by atoms with Crippen molar-refractivity contribution in [2.75, 3.05) is 0 Å². The van der Waals surface area contributed by atoms with Gasteiger partial charge in [0.25, 0.3) is 0 Å². The number of H-pyrrole nitrogens is 1. The van der Waals surface area contributed by atoms with Gasteiger partial charge in [-0.25, -0.2) is 0 Å². The second kappa shape index (κ2) is 3.90. The molecule has 15 heavy (non-hydrogen) atoms. The van der Waals surface area contributed by atoms with Crippen LogP contribution in [-0.4, -0.2) is 21.3 Å². The average Bonchev–Trinajstić information content (AvgIpc) is 2.57. The van der Waals surface area contributed by atoms with Crippen molar-refractivity contribution in [2.45, 2.75) is 12.8 Å². The lowest BCUT2D eigenvalue weighted by atomic mass is 10.1. The van der Waals surface area contributed by atoms with E-state index in [0.717, 1.165) is 16.6 Å². The van der Waals surface area contributed by atoms with Crippen molar-refractivity contribution >= 4 is 28.5 Å². The molecule has 0 atom stereocenters. The minimum atomic E-state index is -0.819. The van der Waals surface area contributed by atoms with Gasteiger partial charge in [0, 0.05) is 16.8 Å². The first-order chi connectivity index (χ1) is 7.16. The van der Waals surface area contributed by atoms with Crippen molar-refractivity contribution < 1.29 is 9.90 Å². The highest BCUT2D eigenvalue weighted by Gasteiger charge is 2.07. The maximum atomic E-state index is 10.4. The summed E-state index contributed by atoms with van der Waals surface area (Å²) in [5.41, 5.74) is 1.60. The van der Waals surface area contributed by atoms with E-state index in [9.17, 15) is 4.79 Å². The fourth-order valence-corrected chi connectivity index (χ4v) is 1.64.